The van der Waals surface area contributed by atoms with Crippen LogP contribution in [-0.4, -0.2) is 13.0 Å². The summed E-state index contributed by atoms with van der Waals surface area (Å²) in [5.74, 6) is 0.236. The van der Waals surface area contributed by atoms with E-state index in [0.717, 1.165) is 16.7 Å². The average molecular weight is 481 g/mol. The number of amides is 1. The van der Waals surface area contributed by atoms with Crippen LogP contribution in [0.25, 0.3) is 6.08 Å². The summed E-state index contributed by atoms with van der Waals surface area (Å²) in [5.41, 5.74) is 4.03. The Hall–Kier alpha value is -3.46. The molecule has 0 bridgehead atoms. The van der Waals surface area contributed by atoms with Crippen molar-refractivity contribution in [1.29, 1.82) is 5.26 Å². The van der Waals surface area contributed by atoms with Crippen LogP contribution in [-0.2, 0) is 11.4 Å². The summed E-state index contributed by atoms with van der Waals surface area (Å²) >= 11 is 12.4. The summed E-state index contributed by atoms with van der Waals surface area (Å²) < 4.78 is 11.3. The van der Waals surface area contributed by atoms with E-state index in [4.69, 9.17) is 32.7 Å². The van der Waals surface area contributed by atoms with Crippen molar-refractivity contribution in [2.75, 3.05) is 12.4 Å². The van der Waals surface area contributed by atoms with E-state index < -0.39 is 5.91 Å². The van der Waals surface area contributed by atoms with Crippen molar-refractivity contribution >= 4 is 40.9 Å². The predicted octanol–water partition coefficient (Wildman–Crippen LogP) is 6.74. The zero-order valence-electron chi connectivity index (χ0n) is 18.4. The lowest BCUT2D eigenvalue weighted by Crippen LogP contribution is -2.13. The van der Waals surface area contributed by atoms with Gasteiger partial charge in [-0.05, 0) is 78.6 Å². The van der Waals surface area contributed by atoms with Crippen LogP contribution >= 0.6 is 23.2 Å². The molecule has 0 aromatic heterocycles. The van der Waals surface area contributed by atoms with Gasteiger partial charge in [-0.1, -0.05) is 41.4 Å². The van der Waals surface area contributed by atoms with E-state index >= 15 is 0 Å². The fourth-order valence-corrected chi connectivity index (χ4v) is 3.66. The molecule has 3 aromatic rings. The van der Waals surface area contributed by atoms with Crippen molar-refractivity contribution in [2.45, 2.75) is 20.5 Å². The second kappa shape index (κ2) is 10.9. The largest absolute Gasteiger partial charge is 0.493 e. The third kappa shape index (κ3) is 6.52. The quantitative estimate of drug-likeness (QED) is 0.300. The Balaban J connectivity index is 1.82. The molecule has 5 nitrogen and oxygen atoms in total. The molecule has 0 atom stereocenters. The maximum atomic E-state index is 12.7. The molecule has 3 aromatic carbocycles. The standard InChI is InChI=1S/C26H22Cl2N2O3/c1-16-8-17(2)10-22(9-16)30-26(31)20(14-29)11-19-12-23(28)25(24(13-19)32-3)33-15-18-4-6-21(27)7-5-18/h4-13H,15H2,1-3H3,(H,30,31)/b20-11+. The Morgan fingerprint density at radius 2 is 1.73 bits per heavy atom. The third-order valence-electron chi connectivity index (χ3n) is 4.70. The number of ether oxygens (including phenoxy) is 2. The second-order valence-electron chi connectivity index (χ2n) is 7.45. The van der Waals surface area contributed by atoms with E-state index in [1.807, 2.05) is 50.2 Å². The summed E-state index contributed by atoms with van der Waals surface area (Å²) in [4.78, 5) is 12.7. The van der Waals surface area contributed by atoms with E-state index in [1.165, 1.54) is 13.2 Å². The minimum absolute atomic E-state index is 0.0675. The highest BCUT2D eigenvalue weighted by Crippen LogP contribution is 2.37. The first-order chi connectivity index (χ1) is 15.8. The molecule has 7 heteroatoms. The maximum absolute atomic E-state index is 12.7. The highest BCUT2D eigenvalue weighted by Gasteiger charge is 2.15. The van der Waals surface area contributed by atoms with Gasteiger partial charge in [0.2, 0.25) is 0 Å². The first-order valence-corrected chi connectivity index (χ1v) is 10.8. The second-order valence-corrected chi connectivity index (χ2v) is 8.29. The number of rotatable bonds is 7. The highest BCUT2D eigenvalue weighted by molar-refractivity contribution is 6.32. The van der Waals surface area contributed by atoms with E-state index in [0.29, 0.717) is 32.8 Å². The molecule has 168 valence electrons. The lowest BCUT2D eigenvalue weighted by atomic mass is 10.1. The molecule has 1 N–H and O–H groups in total. The fourth-order valence-electron chi connectivity index (χ4n) is 3.26. The van der Waals surface area contributed by atoms with Crippen LogP contribution in [0.2, 0.25) is 10.0 Å². The molecular weight excluding hydrogens is 459 g/mol. The molecule has 0 radical (unpaired) electrons. The summed E-state index contributed by atoms with van der Waals surface area (Å²) in [6, 6.07) is 18.2. The van der Waals surface area contributed by atoms with Gasteiger partial charge in [0.15, 0.2) is 11.5 Å². The van der Waals surface area contributed by atoms with Crippen LogP contribution in [0.15, 0.2) is 60.2 Å². The van der Waals surface area contributed by atoms with Crippen LogP contribution in [0.4, 0.5) is 5.69 Å². The number of nitrogens with zero attached hydrogens (tertiary/aromatic N) is 1. The Kier molecular flexibility index (Phi) is 8.00. The zero-order valence-corrected chi connectivity index (χ0v) is 19.9. The molecule has 0 aliphatic heterocycles. The molecular formula is C26H22Cl2N2O3. The zero-order chi connectivity index (χ0) is 24.0. The van der Waals surface area contributed by atoms with E-state index in [1.54, 1.807) is 24.3 Å². The van der Waals surface area contributed by atoms with Crippen LogP contribution in [0.5, 0.6) is 11.5 Å². The molecule has 3 rings (SSSR count). The Morgan fingerprint density at radius 3 is 2.33 bits per heavy atom. The van der Waals surface area contributed by atoms with Crippen LogP contribution in [0, 0.1) is 25.2 Å². The van der Waals surface area contributed by atoms with Gasteiger partial charge in [0.05, 0.1) is 12.1 Å². The number of hydrogen-bond donors (Lipinski definition) is 1. The topological polar surface area (TPSA) is 71.3 Å². The molecule has 0 unspecified atom stereocenters. The van der Waals surface area contributed by atoms with Gasteiger partial charge in [0, 0.05) is 10.7 Å². The number of anilines is 1. The molecule has 0 saturated heterocycles. The fraction of sp³-hybridized carbons (Fsp3) is 0.154. The van der Waals surface area contributed by atoms with E-state index in [2.05, 4.69) is 5.32 Å². The van der Waals surface area contributed by atoms with Crippen molar-refractivity contribution < 1.29 is 14.3 Å². The average Bonchev–Trinajstić information content (AvgIpc) is 2.76. The number of nitriles is 1. The van der Waals surface area contributed by atoms with Crippen LogP contribution in [0.1, 0.15) is 22.3 Å². The minimum atomic E-state index is -0.513. The molecule has 0 saturated carbocycles. The van der Waals surface area contributed by atoms with Gasteiger partial charge in [-0.25, -0.2) is 0 Å². The van der Waals surface area contributed by atoms with Gasteiger partial charge < -0.3 is 14.8 Å². The van der Waals surface area contributed by atoms with Crippen LogP contribution in [0.3, 0.4) is 0 Å². The van der Waals surface area contributed by atoms with Gasteiger partial charge in [-0.2, -0.15) is 5.26 Å². The van der Waals surface area contributed by atoms with Crippen molar-refractivity contribution in [2.24, 2.45) is 0 Å². The van der Waals surface area contributed by atoms with E-state index in [-0.39, 0.29) is 12.2 Å². The highest BCUT2D eigenvalue weighted by atomic mass is 35.5. The summed E-state index contributed by atoms with van der Waals surface area (Å²) in [6.45, 7) is 4.15. The lowest BCUT2D eigenvalue weighted by molar-refractivity contribution is -0.112. The summed E-state index contributed by atoms with van der Waals surface area (Å²) in [6.07, 6.45) is 1.45. The number of hydrogen-bond acceptors (Lipinski definition) is 4. The first-order valence-electron chi connectivity index (χ1n) is 10.0. The minimum Gasteiger partial charge on any atom is -0.493 e. The first kappa shape index (κ1) is 24.2. The third-order valence-corrected chi connectivity index (χ3v) is 5.24. The number of benzene rings is 3. The Bertz CT molecular complexity index is 1230. The van der Waals surface area contributed by atoms with Crippen molar-refractivity contribution in [3.63, 3.8) is 0 Å². The van der Waals surface area contributed by atoms with Gasteiger partial charge in [-0.3, -0.25) is 4.79 Å². The number of carbonyl (C=O) groups is 1. The molecule has 0 aliphatic carbocycles. The number of nitrogens with one attached hydrogen (secondary N) is 1. The van der Waals surface area contributed by atoms with Gasteiger partial charge >= 0.3 is 0 Å². The predicted molar refractivity (Wildman–Crippen MR) is 132 cm³/mol. The maximum Gasteiger partial charge on any atom is 0.266 e. The number of methoxy groups -OCH3 is 1. The Labute approximate surface area is 203 Å². The monoisotopic (exact) mass is 480 g/mol. The van der Waals surface area contributed by atoms with Gasteiger partial charge in [-0.15, -0.1) is 0 Å². The molecule has 1 amide bonds. The molecule has 33 heavy (non-hydrogen) atoms. The van der Waals surface area contributed by atoms with Crippen molar-refractivity contribution in [3.05, 3.63) is 92.5 Å². The smallest absolute Gasteiger partial charge is 0.266 e. The number of carbonyl (C=O) groups excluding carboxylic acids is 1. The lowest BCUT2D eigenvalue weighted by Gasteiger charge is -2.14. The molecule has 0 spiro atoms. The number of aryl methyl sites for hydroxylation is 2. The summed E-state index contributed by atoms with van der Waals surface area (Å²) in [5, 5.41) is 13.2. The Morgan fingerprint density at radius 1 is 1.06 bits per heavy atom. The van der Waals surface area contributed by atoms with E-state index in [9.17, 15) is 10.1 Å². The molecule has 0 heterocycles. The molecule has 0 fully saturated rings. The normalized spacial score (nSPS) is 11.0. The van der Waals surface area contributed by atoms with Crippen molar-refractivity contribution in [3.8, 4) is 17.6 Å². The summed E-state index contributed by atoms with van der Waals surface area (Å²) in [7, 11) is 1.49. The van der Waals surface area contributed by atoms with Gasteiger partial charge in [0.1, 0.15) is 18.2 Å². The van der Waals surface area contributed by atoms with Crippen LogP contribution < -0.4 is 14.8 Å². The number of halogens is 2. The van der Waals surface area contributed by atoms with Gasteiger partial charge in [0.25, 0.3) is 5.91 Å². The SMILES string of the molecule is COc1cc(/C=C(\C#N)C(=O)Nc2cc(C)cc(C)c2)cc(Cl)c1OCc1ccc(Cl)cc1. The molecule has 0 aliphatic rings. The van der Waals surface area contributed by atoms with Crippen molar-refractivity contribution in [1.82, 2.24) is 0 Å².